The fraction of sp³-hybridized carbons (Fsp3) is 0.353. The molecular weight excluding hydrogens is 327 g/mol. The zero-order chi connectivity index (χ0) is 17.5. The average Bonchev–Trinajstić information content (AvgIpc) is 2.97. The van der Waals surface area contributed by atoms with Gasteiger partial charge in [0.2, 0.25) is 5.91 Å². The van der Waals surface area contributed by atoms with Crippen molar-refractivity contribution in [3.8, 4) is 11.4 Å². The summed E-state index contributed by atoms with van der Waals surface area (Å²) in [5.74, 6) is 0.554. The van der Waals surface area contributed by atoms with E-state index in [4.69, 9.17) is 0 Å². The molecule has 7 heteroatoms. The van der Waals surface area contributed by atoms with Gasteiger partial charge in [-0.25, -0.2) is 4.39 Å². The lowest BCUT2D eigenvalue weighted by Gasteiger charge is -2.11. The first-order chi connectivity index (χ1) is 11.5. The number of aromatic nitrogens is 3. The van der Waals surface area contributed by atoms with E-state index in [1.807, 2.05) is 18.4 Å². The van der Waals surface area contributed by atoms with Crippen LogP contribution >= 0.6 is 11.8 Å². The molecule has 0 spiro atoms. The van der Waals surface area contributed by atoms with Gasteiger partial charge in [-0.1, -0.05) is 24.8 Å². The van der Waals surface area contributed by atoms with Crippen molar-refractivity contribution in [2.24, 2.45) is 0 Å². The third kappa shape index (κ3) is 4.67. The number of allylic oxidation sites excluding steroid dienone is 1. The molecule has 2 aromatic rings. The molecule has 0 unspecified atom stereocenters. The largest absolute Gasteiger partial charge is 0.353 e. The molecule has 1 atom stereocenters. The molecule has 1 aromatic heterocycles. The van der Waals surface area contributed by atoms with Gasteiger partial charge in [0, 0.05) is 18.2 Å². The minimum Gasteiger partial charge on any atom is -0.353 e. The maximum atomic E-state index is 13.1. The van der Waals surface area contributed by atoms with Crippen molar-refractivity contribution in [1.82, 2.24) is 20.1 Å². The number of rotatable bonds is 8. The molecule has 24 heavy (non-hydrogen) atoms. The molecule has 1 N–H and O–H groups in total. The first-order valence-electron chi connectivity index (χ1n) is 7.77. The van der Waals surface area contributed by atoms with Crippen LogP contribution in [0.1, 0.15) is 20.3 Å². The highest BCUT2D eigenvalue weighted by Crippen LogP contribution is 2.24. The van der Waals surface area contributed by atoms with Crippen LogP contribution in [0.5, 0.6) is 0 Å². The lowest BCUT2D eigenvalue weighted by atomic mass is 10.2. The van der Waals surface area contributed by atoms with Crippen molar-refractivity contribution in [3.63, 3.8) is 0 Å². The predicted molar refractivity (Wildman–Crippen MR) is 94.2 cm³/mol. The van der Waals surface area contributed by atoms with Gasteiger partial charge in [-0.2, -0.15) is 0 Å². The van der Waals surface area contributed by atoms with Crippen molar-refractivity contribution in [1.29, 1.82) is 0 Å². The van der Waals surface area contributed by atoms with Crippen molar-refractivity contribution in [2.45, 2.75) is 38.0 Å². The van der Waals surface area contributed by atoms with Gasteiger partial charge in [0.1, 0.15) is 5.82 Å². The van der Waals surface area contributed by atoms with E-state index in [0.717, 1.165) is 12.0 Å². The van der Waals surface area contributed by atoms with Gasteiger partial charge in [0.05, 0.1) is 5.75 Å². The van der Waals surface area contributed by atoms with Gasteiger partial charge in [0.25, 0.3) is 0 Å². The van der Waals surface area contributed by atoms with E-state index < -0.39 is 0 Å². The fourth-order valence-corrected chi connectivity index (χ4v) is 2.81. The SMILES string of the molecule is C=CCn1c(SCC(=O)N[C@H](C)CC)nnc1-c1ccc(F)cc1. The fourth-order valence-electron chi connectivity index (χ4n) is 2.05. The van der Waals surface area contributed by atoms with Gasteiger partial charge >= 0.3 is 0 Å². The second-order valence-electron chi connectivity index (χ2n) is 5.38. The number of thioether (sulfide) groups is 1. The second kappa shape index (κ2) is 8.63. The number of amides is 1. The Morgan fingerprint density at radius 3 is 2.75 bits per heavy atom. The zero-order valence-corrected chi connectivity index (χ0v) is 14.6. The first-order valence-corrected chi connectivity index (χ1v) is 8.75. The lowest BCUT2D eigenvalue weighted by Crippen LogP contribution is -2.33. The number of carbonyl (C=O) groups is 1. The molecule has 0 saturated heterocycles. The summed E-state index contributed by atoms with van der Waals surface area (Å²) in [6.07, 6.45) is 2.62. The highest BCUT2D eigenvalue weighted by Gasteiger charge is 2.15. The molecule has 1 heterocycles. The Kier molecular flexibility index (Phi) is 6.54. The Balaban J connectivity index is 2.14. The van der Waals surface area contributed by atoms with Crippen LogP contribution in [0.4, 0.5) is 4.39 Å². The summed E-state index contributed by atoms with van der Waals surface area (Å²) in [5, 5.41) is 11.9. The Morgan fingerprint density at radius 2 is 2.12 bits per heavy atom. The number of nitrogens with zero attached hydrogens (tertiary/aromatic N) is 3. The summed E-state index contributed by atoms with van der Waals surface area (Å²) in [5.41, 5.74) is 0.765. The maximum absolute atomic E-state index is 13.1. The van der Waals surface area contributed by atoms with Gasteiger partial charge in [0.15, 0.2) is 11.0 Å². The Bertz CT molecular complexity index is 699. The number of benzene rings is 1. The lowest BCUT2D eigenvalue weighted by molar-refractivity contribution is -0.119. The molecular formula is C17H21FN4OS. The van der Waals surface area contributed by atoms with Crippen LogP contribution in [-0.4, -0.2) is 32.5 Å². The standard InChI is InChI=1S/C17H21FN4OS/c1-4-10-22-16(13-6-8-14(18)9-7-13)20-21-17(22)24-11-15(23)19-12(3)5-2/h4,6-9,12H,1,5,10-11H2,2-3H3,(H,19,23)/t12-/m1/s1. The minimum atomic E-state index is -0.301. The predicted octanol–water partition coefficient (Wildman–Crippen LogP) is 3.28. The second-order valence-corrected chi connectivity index (χ2v) is 6.32. The van der Waals surface area contributed by atoms with Crippen LogP contribution in [-0.2, 0) is 11.3 Å². The number of hydrogen-bond acceptors (Lipinski definition) is 4. The topological polar surface area (TPSA) is 59.8 Å². The molecule has 128 valence electrons. The molecule has 2 rings (SSSR count). The number of halogens is 1. The Morgan fingerprint density at radius 1 is 1.42 bits per heavy atom. The molecule has 0 saturated carbocycles. The molecule has 0 aliphatic heterocycles. The Hall–Kier alpha value is -2.15. The highest BCUT2D eigenvalue weighted by molar-refractivity contribution is 7.99. The van der Waals surface area contributed by atoms with E-state index in [-0.39, 0.29) is 23.5 Å². The van der Waals surface area contributed by atoms with Gasteiger partial charge in [-0.3, -0.25) is 9.36 Å². The summed E-state index contributed by atoms with van der Waals surface area (Å²) >= 11 is 1.32. The van der Waals surface area contributed by atoms with Crippen molar-refractivity contribution >= 4 is 17.7 Å². The van der Waals surface area contributed by atoms with E-state index in [0.29, 0.717) is 17.5 Å². The molecule has 1 aromatic carbocycles. The average molecular weight is 348 g/mol. The molecule has 0 fully saturated rings. The monoisotopic (exact) mass is 348 g/mol. The van der Waals surface area contributed by atoms with E-state index >= 15 is 0 Å². The molecule has 1 amide bonds. The van der Waals surface area contributed by atoms with E-state index in [2.05, 4.69) is 22.1 Å². The number of nitrogens with one attached hydrogen (secondary N) is 1. The van der Waals surface area contributed by atoms with Crippen LogP contribution in [0.2, 0.25) is 0 Å². The molecule has 0 aliphatic rings. The summed E-state index contributed by atoms with van der Waals surface area (Å²) in [6, 6.07) is 6.23. The highest BCUT2D eigenvalue weighted by atomic mass is 32.2. The quantitative estimate of drug-likeness (QED) is 0.587. The number of hydrogen-bond donors (Lipinski definition) is 1. The minimum absolute atomic E-state index is 0.0363. The van der Waals surface area contributed by atoms with Gasteiger partial charge < -0.3 is 5.32 Å². The molecule has 0 radical (unpaired) electrons. The zero-order valence-electron chi connectivity index (χ0n) is 13.8. The first kappa shape index (κ1) is 18.2. The summed E-state index contributed by atoms with van der Waals surface area (Å²) in [7, 11) is 0. The summed E-state index contributed by atoms with van der Waals surface area (Å²) in [4.78, 5) is 11.9. The summed E-state index contributed by atoms with van der Waals surface area (Å²) in [6.45, 7) is 8.24. The van der Waals surface area contributed by atoms with Crippen LogP contribution < -0.4 is 5.32 Å². The van der Waals surface area contributed by atoms with Crippen LogP contribution in [0.15, 0.2) is 42.1 Å². The van der Waals surface area contributed by atoms with E-state index in [1.54, 1.807) is 18.2 Å². The number of carbonyl (C=O) groups excluding carboxylic acids is 1. The van der Waals surface area contributed by atoms with Crippen molar-refractivity contribution in [3.05, 3.63) is 42.7 Å². The molecule has 0 bridgehead atoms. The smallest absolute Gasteiger partial charge is 0.230 e. The third-order valence-corrected chi connectivity index (χ3v) is 4.45. The molecule has 5 nitrogen and oxygen atoms in total. The van der Waals surface area contributed by atoms with E-state index in [9.17, 15) is 9.18 Å². The normalized spacial score (nSPS) is 12.0. The van der Waals surface area contributed by atoms with Gasteiger partial charge in [-0.05, 0) is 37.6 Å². The van der Waals surface area contributed by atoms with Crippen molar-refractivity contribution < 1.29 is 9.18 Å². The van der Waals surface area contributed by atoms with Crippen LogP contribution in [0.25, 0.3) is 11.4 Å². The van der Waals surface area contributed by atoms with Gasteiger partial charge in [-0.15, -0.1) is 16.8 Å². The maximum Gasteiger partial charge on any atom is 0.230 e. The van der Waals surface area contributed by atoms with Crippen LogP contribution in [0, 0.1) is 5.82 Å². The van der Waals surface area contributed by atoms with E-state index in [1.165, 1.54) is 23.9 Å². The third-order valence-electron chi connectivity index (χ3n) is 3.48. The summed E-state index contributed by atoms with van der Waals surface area (Å²) < 4.78 is 15.0. The Labute approximate surface area is 145 Å². The molecule has 0 aliphatic carbocycles. The van der Waals surface area contributed by atoms with Crippen molar-refractivity contribution in [2.75, 3.05) is 5.75 Å². The van der Waals surface area contributed by atoms with Crippen LogP contribution in [0.3, 0.4) is 0 Å².